The number of rotatable bonds is 3. The molecule has 0 aromatic heterocycles. The molecule has 0 bridgehead atoms. The van der Waals surface area contributed by atoms with E-state index in [2.05, 4.69) is 0 Å². The van der Waals surface area contributed by atoms with E-state index < -0.39 is 10.1 Å². The Balaban J connectivity index is 1.86. The highest BCUT2D eigenvalue weighted by atomic mass is 32.2. The van der Waals surface area contributed by atoms with E-state index in [1.54, 1.807) is 0 Å². The summed E-state index contributed by atoms with van der Waals surface area (Å²) in [5.41, 5.74) is 4.57. The van der Waals surface area contributed by atoms with Crippen LogP contribution in [0.3, 0.4) is 0 Å². The quantitative estimate of drug-likeness (QED) is 0.718. The van der Waals surface area contributed by atoms with Crippen LogP contribution in [0.2, 0.25) is 0 Å². The number of hydrogen-bond acceptors (Lipinski definition) is 3. The van der Waals surface area contributed by atoms with Crippen molar-refractivity contribution in [1.82, 2.24) is 0 Å². The first-order valence-corrected chi connectivity index (χ1v) is 9.39. The second-order valence-electron chi connectivity index (χ2n) is 5.98. The third kappa shape index (κ3) is 3.04. The third-order valence-electron chi connectivity index (χ3n) is 4.33. The average molecular weight is 352 g/mol. The van der Waals surface area contributed by atoms with Gasteiger partial charge in [0.05, 0.1) is 6.61 Å². The summed E-state index contributed by atoms with van der Waals surface area (Å²) < 4.78 is 38.4. The van der Waals surface area contributed by atoms with Gasteiger partial charge >= 0.3 is 0 Å². The highest BCUT2D eigenvalue weighted by Gasteiger charge is 2.25. The summed E-state index contributed by atoms with van der Waals surface area (Å²) in [6.07, 6.45) is 0.629. The van der Waals surface area contributed by atoms with E-state index in [1.165, 1.54) is 6.07 Å². The zero-order valence-electron chi connectivity index (χ0n) is 13.3. The number of hydrogen-bond donors (Lipinski definition) is 1. The minimum Gasteiger partial charge on any atom is -0.491 e. The molecule has 0 unspecified atom stereocenters. The van der Waals surface area contributed by atoms with Crippen molar-refractivity contribution in [2.45, 2.75) is 11.3 Å². The van der Waals surface area contributed by atoms with Crippen LogP contribution in [0.1, 0.15) is 5.56 Å². The van der Waals surface area contributed by atoms with E-state index in [1.807, 2.05) is 60.7 Å². The first kappa shape index (κ1) is 15.9. The highest BCUT2D eigenvalue weighted by Crippen LogP contribution is 2.38. The maximum atomic E-state index is 11.7. The molecule has 0 radical (unpaired) electrons. The SMILES string of the molecule is O=S(=O)(O)c1cc(-c2cccc(-c3ccccc3)c2)cc2c1OCC2. The van der Waals surface area contributed by atoms with Gasteiger partial charge in [-0.1, -0.05) is 48.5 Å². The third-order valence-corrected chi connectivity index (χ3v) is 5.19. The van der Waals surface area contributed by atoms with Crippen LogP contribution in [0.25, 0.3) is 22.3 Å². The summed E-state index contributed by atoms with van der Waals surface area (Å²) in [4.78, 5) is -0.164. The molecule has 126 valence electrons. The zero-order valence-corrected chi connectivity index (χ0v) is 14.2. The Bertz CT molecular complexity index is 1040. The molecular weight excluding hydrogens is 336 g/mol. The minimum atomic E-state index is -4.35. The Hall–Kier alpha value is -2.63. The van der Waals surface area contributed by atoms with Gasteiger partial charge in [-0.3, -0.25) is 4.55 Å². The Morgan fingerprint density at radius 1 is 0.800 bits per heavy atom. The van der Waals surface area contributed by atoms with Crippen molar-refractivity contribution >= 4 is 10.1 Å². The van der Waals surface area contributed by atoms with Crippen molar-refractivity contribution in [3.05, 3.63) is 72.3 Å². The highest BCUT2D eigenvalue weighted by molar-refractivity contribution is 7.86. The molecule has 25 heavy (non-hydrogen) atoms. The fourth-order valence-corrected chi connectivity index (χ4v) is 3.84. The molecule has 0 amide bonds. The summed E-state index contributed by atoms with van der Waals surface area (Å²) in [5.74, 6) is 0.269. The van der Waals surface area contributed by atoms with E-state index in [0.717, 1.165) is 27.8 Å². The van der Waals surface area contributed by atoms with Gasteiger partial charge in [-0.25, -0.2) is 0 Å². The lowest BCUT2D eigenvalue weighted by Gasteiger charge is -2.11. The molecule has 0 atom stereocenters. The first-order valence-electron chi connectivity index (χ1n) is 7.95. The lowest BCUT2D eigenvalue weighted by Crippen LogP contribution is -2.01. The summed E-state index contributed by atoms with van der Waals surface area (Å²) >= 11 is 0. The van der Waals surface area contributed by atoms with Crippen LogP contribution in [0.15, 0.2) is 71.6 Å². The summed E-state index contributed by atoms with van der Waals surface area (Å²) in [5, 5.41) is 0. The van der Waals surface area contributed by atoms with Crippen molar-refractivity contribution in [2.24, 2.45) is 0 Å². The summed E-state index contributed by atoms with van der Waals surface area (Å²) in [6.45, 7) is 0.422. The second kappa shape index (κ2) is 6.02. The van der Waals surface area contributed by atoms with Crippen molar-refractivity contribution in [3.8, 4) is 28.0 Å². The van der Waals surface area contributed by atoms with Crippen molar-refractivity contribution in [3.63, 3.8) is 0 Å². The Morgan fingerprint density at radius 3 is 2.20 bits per heavy atom. The van der Waals surface area contributed by atoms with Gasteiger partial charge in [0.1, 0.15) is 10.6 Å². The van der Waals surface area contributed by atoms with Gasteiger partial charge in [-0.05, 0) is 46.0 Å². The van der Waals surface area contributed by atoms with Gasteiger partial charge in [0.25, 0.3) is 10.1 Å². The predicted molar refractivity (Wildman–Crippen MR) is 96.3 cm³/mol. The van der Waals surface area contributed by atoms with Crippen LogP contribution >= 0.6 is 0 Å². The topological polar surface area (TPSA) is 63.6 Å². The van der Waals surface area contributed by atoms with E-state index in [9.17, 15) is 13.0 Å². The number of fused-ring (bicyclic) bond motifs is 1. The molecule has 4 rings (SSSR count). The molecule has 0 spiro atoms. The van der Waals surface area contributed by atoms with Crippen molar-refractivity contribution in [1.29, 1.82) is 0 Å². The molecule has 0 fully saturated rings. The van der Waals surface area contributed by atoms with Gasteiger partial charge in [0.15, 0.2) is 0 Å². The van der Waals surface area contributed by atoms with Crippen LogP contribution in [-0.2, 0) is 16.5 Å². The molecule has 3 aromatic rings. The van der Waals surface area contributed by atoms with Crippen LogP contribution in [-0.4, -0.2) is 19.6 Å². The summed E-state index contributed by atoms with van der Waals surface area (Å²) in [6, 6.07) is 21.3. The maximum absolute atomic E-state index is 11.7. The monoisotopic (exact) mass is 352 g/mol. The van der Waals surface area contributed by atoms with Crippen LogP contribution in [0.5, 0.6) is 5.75 Å². The molecule has 1 aliphatic heterocycles. The average Bonchev–Trinajstić information content (AvgIpc) is 3.09. The second-order valence-corrected chi connectivity index (χ2v) is 7.37. The molecule has 1 N–H and O–H groups in total. The molecule has 4 nitrogen and oxygen atoms in total. The molecule has 1 heterocycles. The summed E-state index contributed by atoms with van der Waals surface area (Å²) in [7, 11) is -4.35. The maximum Gasteiger partial charge on any atom is 0.298 e. The first-order chi connectivity index (χ1) is 12.0. The Morgan fingerprint density at radius 2 is 1.48 bits per heavy atom. The zero-order chi connectivity index (χ0) is 17.4. The van der Waals surface area contributed by atoms with Gasteiger partial charge < -0.3 is 4.74 Å². The smallest absolute Gasteiger partial charge is 0.298 e. The minimum absolute atomic E-state index is 0.164. The predicted octanol–water partition coefficient (Wildman–Crippen LogP) is 4.20. The van der Waals surface area contributed by atoms with Crippen LogP contribution in [0.4, 0.5) is 0 Å². The lowest BCUT2D eigenvalue weighted by molar-refractivity contribution is 0.346. The van der Waals surface area contributed by atoms with Crippen LogP contribution in [0, 0.1) is 0 Å². The Labute approximate surface area is 146 Å². The van der Waals surface area contributed by atoms with Gasteiger partial charge in [-0.15, -0.1) is 0 Å². The fourth-order valence-electron chi connectivity index (χ4n) is 3.14. The van der Waals surface area contributed by atoms with E-state index in [-0.39, 0.29) is 10.6 Å². The van der Waals surface area contributed by atoms with Crippen LogP contribution < -0.4 is 4.74 Å². The molecule has 0 saturated heterocycles. The Kier molecular flexibility index (Phi) is 3.82. The molecule has 1 aliphatic rings. The van der Waals surface area contributed by atoms with Crippen molar-refractivity contribution in [2.75, 3.05) is 6.61 Å². The normalized spacial score (nSPS) is 13.3. The molecule has 3 aromatic carbocycles. The molecule has 5 heteroatoms. The molecular formula is C20H16O4S. The fraction of sp³-hybridized carbons (Fsp3) is 0.100. The van der Waals surface area contributed by atoms with E-state index in [4.69, 9.17) is 4.74 Å². The molecule has 0 saturated carbocycles. The lowest BCUT2D eigenvalue weighted by atomic mass is 9.97. The van der Waals surface area contributed by atoms with E-state index >= 15 is 0 Å². The van der Waals surface area contributed by atoms with Gasteiger partial charge in [0.2, 0.25) is 0 Å². The largest absolute Gasteiger partial charge is 0.491 e. The number of benzene rings is 3. The van der Waals surface area contributed by atoms with Crippen molar-refractivity contribution < 1.29 is 17.7 Å². The molecule has 0 aliphatic carbocycles. The van der Waals surface area contributed by atoms with Gasteiger partial charge in [0, 0.05) is 6.42 Å². The van der Waals surface area contributed by atoms with Gasteiger partial charge in [-0.2, -0.15) is 8.42 Å². The van der Waals surface area contributed by atoms with E-state index in [0.29, 0.717) is 13.0 Å². The standard InChI is InChI=1S/C20H16O4S/c21-25(22,23)19-13-18(12-17-9-10-24-20(17)19)16-8-4-7-15(11-16)14-5-2-1-3-6-14/h1-8,11-13H,9-10H2,(H,21,22,23). The number of ether oxygens (including phenoxy) is 1.